The van der Waals surface area contributed by atoms with Crippen molar-refractivity contribution >= 4 is 11.6 Å². The zero-order valence-electron chi connectivity index (χ0n) is 7.77. The van der Waals surface area contributed by atoms with Gasteiger partial charge in [-0.15, -0.1) is 5.10 Å². The molecule has 2 aromatic rings. The van der Waals surface area contributed by atoms with E-state index in [0.29, 0.717) is 16.8 Å². The van der Waals surface area contributed by atoms with E-state index >= 15 is 0 Å². The molecule has 0 spiro atoms. The van der Waals surface area contributed by atoms with Crippen LogP contribution in [0.3, 0.4) is 0 Å². The molecule has 0 fully saturated rings. The molecular weight excluding hydrogens is 202 g/mol. The largest absolute Gasteiger partial charge is 0.239 e. The smallest absolute Gasteiger partial charge is 0.193 e. The number of hydrogen-bond acceptors (Lipinski definition) is 4. The standard InChI is InChI=1S/C8H8ClN5/c1-5-12-6(2)14(13-5)8-7(9)10-3-4-11-8/h3-4H,1-2H3. The van der Waals surface area contributed by atoms with Crippen molar-refractivity contribution in [3.63, 3.8) is 0 Å². The van der Waals surface area contributed by atoms with Crippen molar-refractivity contribution in [3.05, 3.63) is 29.2 Å². The molecule has 0 aliphatic rings. The molecule has 2 rings (SSSR count). The second kappa shape index (κ2) is 3.34. The molecule has 72 valence electrons. The Morgan fingerprint density at radius 3 is 2.50 bits per heavy atom. The van der Waals surface area contributed by atoms with Gasteiger partial charge in [-0.1, -0.05) is 11.6 Å². The molecule has 0 aromatic carbocycles. The van der Waals surface area contributed by atoms with Crippen LogP contribution in [0.4, 0.5) is 0 Å². The first kappa shape index (κ1) is 9.08. The van der Waals surface area contributed by atoms with Gasteiger partial charge in [-0.3, -0.25) is 0 Å². The summed E-state index contributed by atoms with van der Waals surface area (Å²) in [5.41, 5.74) is 0. The SMILES string of the molecule is Cc1nc(C)n(-c2nccnc2Cl)n1. The maximum absolute atomic E-state index is 5.88. The zero-order chi connectivity index (χ0) is 10.1. The number of hydrogen-bond donors (Lipinski definition) is 0. The molecule has 0 aliphatic carbocycles. The van der Waals surface area contributed by atoms with Crippen molar-refractivity contribution in [2.75, 3.05) is 0 Å². The van der Waals surface area contributed by atoms with Crippen LogP contribution in [0, 0.1) is 13.8 Å². The Hall–Kier alpha value is -1.49. The lowest BCUT2D eigenvalue weighted by Gasteiger charge is -2.01. The van der Waals surface area contributed by atoms with Gasteiger partial charge in [0.1, 0.15) is 11.6 Å². The Morgan fingerprint density at radius 2 is 1.93 bits per heavy atom. The van der Waals surface area contributed by atoms with Crippen LogP contribution in [-0.4, -0.2) is 24.7 Å². The minimum atomic E-state index is 0.320. The highest BCUT2D eigenvalue weighted by molar-refractivity contribution is 6.30. The van der Waals surface area contributed by atoms with E-state index in [2.05, 4.69) is 20.1 Å². The maximum atomic E-state index is 5.88. The van der Waals surface area contributed by atoms with Crippen molar-refractivity contribution in [3.8, 4) is 5.82 Å². The molecule has 0 saturated carbocycles. The third kappa shape index (κ3) is 1.46. The van der Waals surface area contributed by atoms with Crippen LogP contribution in [0.25, 0.3) is 5.82 Å². The van der Waals surface area contributed by atoms with Gasteiger partial charge >= 0.3 is 0 Å². The van der Waals surface area contributed by atoms with Crippen molar-refractivity contribution in [1.29, 1.82) is 0 Å². The van der Waals surface area contributed by atoms with Crippen LogP contribution in [-0.2, 0) is 0 Å². The predicted molar refractivity (Wildman–Crippen MR) is 51.4 cm³/mol. The van der Waals surface area contributed by atoms with Crippen LogP contribution in [0.2, 0.25) is 5.15 Å². The van der Waals surface area contributed by atoms with E-state index in [4.69, 9.17) is 11.6 Å². The van der Waals surface area contributed by atoms with Crippen LogP contribution in [0.15, 0.2) is 12.4 Å². The van der Waals surface area contributed by atoms with E-state index in [-0.39, 0.29) is 0 Å². The Kier molecular flexibility index (Phi) is 2.17. The van der Waals surface area contributed by atoms with Crippen LogP contribution < -0.4 is 0 Å². The van der Waals surface area contributed by atoms with E-state index in [9.17, 15) is 0 Å². The Morgan fingerprint density at radius 1 is 1.21 bits per heavy atom. The van der Waals surface area contributed by atoms with Crippen molar-refractivity contribution in [2.45, 2.75) is 13.8 Å². The van der Waals surface area contributed by atoms with Gasteiger partial charge in [-0.25, -0.2) is 15.0 Å². The molecule has 0 unspecified atom stereocenters. The van der Waals surface area contributed by atoms with E-state index in [0.717, 1.165) is 5.82 Å². The number of rotatable bonds is 1. The van der Waals surface area contributed by atoms with Crippen LogP contribution in [0.5, 0.6) is 0 Å². The molecule has 0 N–H and O–H groups in total. The first-order valence-electron chi connectivity index (χ1n) is 4.05. The summed E-state index contributed by atoms with van der Waals surface area (Å²) in [6, 6.07) is 0. The van der Waals surface area contributed by atoms with E-state index in [1.165, 1.54) is 6.20 Å². The predicted octanol–water partition coefficient (Wildman–Crippen LogP) is 1.33. The minimum Gasteiger partial charge on any atom is -0.239 e. The quantitative estimate of drug-likeness (QED) is 0.711. The lowest BCUT2D eigenvalue weighted by Crippen LogP contribution is -2.03. The van der Waals surface area contributed by atoms with Crippen molar-refractivity contribution < 1.29 is 0 Å². The normalized spacial score (nSPS) is 10.5. The van der Waals surface area contributed by atoms with Gasteiger partial charge in [0, 0.05) is 12.4 Å². The van der Waals surface area contributed by atoms with Gasteiger partial charge in [0.25, 0.3) is 0 Å². The molecule has 0 atom stereocenters. The molecule has 0 saturated heterocycles. The summed E-state index contributed by atoms with van der Waals surface area (Å²) in [4.78, 5) is 12.2. The molecule has 6 heteroatoms. The molecule has 2 aromatic heterocycles. The van der Waals surface area contributed by atoms with Crippen LogP contribution >= 0.6 is 11.6 Å². The third-order valence-electron chi connectivity index (χ3n) is 1.71. The number of aromatic nitrogens is 5. The molecule has 5 nitrogen and oxygen atoms in total. The highest BCUT2D eigenvalue weighted by Crippen LogP contribution is 2.14. The lowest BCUT2D eigenvalue weighted by molar-refractivity contribution is 0.797. The van der Waals surface area contributed by atoms with Gasteiger partial charge in [0.15, 0.2) is 11.0 Å². The fourth-order valence-electron chi connectivity index (χ4n) is 1.18. The van der Waals surface area contributed by atoms with Crippen LogP contribution in [0.1, 0.15) is 11.6 Å². The first-order chi connectivity index (χ1) is 6.68. The molecule has 0 aliphatic heterocycles. The van der Waals surface area contributed by atoms with Gasteiger partial charge in [0.2, 0.25) is 0 Å². The summed E-state index contributed by atoms with van der Waals surface area (Å²) in [7, 11) is 0. The highest BCUT2D eigenvalue weighted by atomic mass is 35.5. The third-order valence-corrected chi connectivity index (χ3v) is 1.98. The molecule has 0 radical (unpaired) electrons. The topological polar surface area (TPSA) is 56.5 Å². The van der Waals surface area contributed by atoms with Gasteiger partial charge in [0.05, 0.1) is 0 Å². The fraction of sp³-hybridized carbons (Fsp3) is 0.250. The molecule has 2 heterocycles. The van der Waals surface area contributed by atoms with Gasteiger partial charge < -0.3 is 0 Å². The molecule has 14 heavy (non-hydrogen) atoms. The monoisotopic (exact) mass is 209 g/mol. The number of aryl methyl sites for hydroxylation is 2. The van der Waals surface area contributed by atoms with Crippen molar-refractivity contribution in [2.24, 2.45) is 0 Å². The maximum Gasteiger partial charge on any atom is 0.193 e. The summed E-state index contributed by atoms with van der Waals surface area (Å²) in [5.74, 6) is 1.93. The summed E-state index contributed by atoms with van der Waals surface area (Å²) in [6.07, 6.45) is 3.10. The highest BCUT2D eigenvalue weighted by Gasteiger charge is 2.09. The Balaban J connectivity index is 2.60. The second-order valence-corrected chi connectivity index (χ2v) is 3.15. The van der Waals surface area contributed by atoms with Gasteiger partial charge in [-0.05, 0) is 13.8 Å². The van der Waals surface area contributed by atoms with E-state index in [1.807, 2.05) is 13.8 Å². The average molecular weight is 210 g/mol. The van der Waals surface area contributed by atoms with Gasteiger partial charge in [-0.2, -0.15) is 4.68 Å². The Labute approximate surface area is 85.8 Å². The first-order valence-corrected chi connectivity index (χ1v) is 4.43. The average Bonchev–Trinajstić information content (AvgIpc) is 2.46. The summed E-state index contributed by atoms with van der Waals surface area (Å²) in [5, 5.41) is 4.48. The molecule has 0 bridgehead atoms. The molecule has 0 amide bonds. The minimum absolute atomic E-state index is 0.320. The van der Waals surface area contributed by atoms with E-state index < -0.39 is 0 Å². The number of halogens is 1. The molecular formula is C8H8ClN5. The van der Waals surface area contributed by atoms with E-state index in [1.54, 1.807) is 10.9 Å². The second-order valence-electron chi connectivity index (χ2n) is 2.79. The summed E-state index contributed by atoms with van der Waals surface area (Å²) >= 11 is 5.88. The lowest BCUT2D eigenvalue weighted by atomic mass is 10.6. The summed E-state index contributed by atoms with van der Waals surface area (Å²) in [6.45, 7) is 3.65. The Bertz CT molecular complexity index is 465. The van der Waals surface area contributed by atoms with Crippen molar-refractivity contribution in [1.82, 2.24) is 24.7 Å². The number of nitrogens with zero attached hydrogens (tertiary/aromatic N) is 5. The zero-order valence-corrected chi connectivity index (χ0v) is 8.52. The fourth-order valence-corrected chi connectivity index (χ4v) is 1.36. The summed E-state index contributed by atoms with van der Waals surface area (Å²) < 4.78 is 1.57.